The summed E-state index contributed by atoms with van der Waals surface area (Å²) in [5.74, 6) is 0.756. The predicted octanol–water partition coefficient (Wildman–Crippen LogP) is 0.361. The van der Waals surface area contributed by atoms with Gasteiger partial charge < -0.3 is 14.8 Å². The number of hydrogen-bond acceptors (Lipinski definition) is 4. The summed E-state index contributed by atoms with van der Waals surface area (Å²) < 4.78 is 5.20. The van der Waals surface area contributed by atoms with E-state index in [0.29, 0.717) is 5.46 Å². The molecular weight excluding hydrogens is 229 g/mol. The van der Waals surface area contributed by atoms with Crippen LogP contribution in [0.4, 0.5) is 0 Å². The van der Waals surface area contributed by atoms with Crippen molar-refractivity contribution < 1.29 is 14.8 Å². The van der Waals surface area contributed by atoms with Crippen LogP contribution in [-0.2, 0) is 6.54 Å². The number of rotatable bonds is 4. The number of ether oxygens (including phenoxy) is 1. The van der Waals surface area contributed by atoms with Crippen molar-refractivity contribution in [3.63, 3.8) is 0 Å². The third-order valence-electron chi connectivity index (χ3n) is 3.47. The Hall–Kier alpha value is -1.04. The predicted molar refractivity (Wildman–Crippen MR) is 71.9 cm³/mol. The van der Waals surface area contributed by atoms with Gasteiger partial charge in [0.25, 0.3) is 0 Å². The molecule has 4 nitrogen and oxygen atoms in total. The van der Waals surface area contributed by atoms with Gasteiger partial charge in [0.05, 0.1) is 7.11 Å². The van der Waals surface area contributed by atoms with Crippen LogP contribution in [0.25, 0.3) is 0 Å². The first-order chi connectivity index (χ1) is 8.70. The van der Waals surface area contributed by atoms with Gasteiger partial charge >= 0.3 is 7.12 Å². The smallest absolute Gasteiger partial charge is 0.488 e. The van der Waals surface area contributed by atoms with Crippen molar-refractivity contribution in [3.8, 4) is 5.75 Å². The summed E-state index contributed by atoms with van der Waals surface area (Å²) in [4.78, 5) is 2.35. The summed E-state index contributed by atoms with van der Waals surface area (Å²) in [6, 6.07) is 5.38. The molecule has 2 rings (SSSR count). The standard InChI is InChI=1S/C13H20BNO3/c1-18-12-5-6-13(14(16)17)11(9-12)10-15-7-3-2-4-8-15/h5-6,9,16-17H,2-4,7-8,10H2,1H3. The van der Waals surface area contributed by atoms with E-state index in [1.165, 1.54) is 19.3 Å². The Morgan fingerprint density at radius 1 is 1.22 bits per heavy atom. The first kappa shape index (κ1) is 13.4. The summed E-state index contributed by atoms with van der Waals surface area (Å²) in [5, 5.41) is 18.8. The molecule has 0 atom stereocenters. The highest BCUT2D eigenvalue weighted by Crippen LogP contribution is 2.16. The molecule has 2 N–H and O–H groups in total. The van der Waals surface area contributed by atoms with Crippen LogP contribution in [0.15, 0.2) is 18.2 Å². The van der Waals surface area contributed by atoms with Crippen LogP contribution in [0.1, 0.15) is 24.8 Å². The number of nitrogens with zero attached hydrogens (tertiary/aromatic N) is 1. The number of piperidine rings is 1. The van der Waals surface area contributed by atoms with Crippen molar-refractivity contribution in [2.24, 2.45) is 0 Å². The maximum Gasteiger partial charge on any atom is 0.488 e. The van der Waals surface area contributed by atoms with Crippen LogP contribution in [-0.4, -0.2) is 42.3 Å². The fraction of sp³-hybridized carbons (Fsp3) is 0.538. The van der Waals surface area contributed by atoms with Gasteiger partial charge in [-0.3, -0.25) is 4.90 Å². The van der Waals surface area contributed by atoms with Crippen LogP contribution < -0.4 is 10.2 Å². The van der Waals surface area contributed by atoms with Gasteiger partial charge in [-0.25, -0.2) is 0 Å². The van der Waals surface area contributed by atoms with Crippen molar-refractivity contribution in [1.82, 2.24) is 4.90 Å². The highest BCUT2D eigenvalue weighted by molar-refractivity contribution is 6.59. The minimum atomic E-state index is -1.42. The summed E-state index contributed by atoms with van der Waals surface area (Å²) in [7, 11) is 0.199. The van der Waals surface area contributed by atoms with E-state index in [2.05, 4.69) is 4.90 Å². The van der Waals surface area contributed by atoms with Crippen LogP contribution >= 0.6 is 0 Å². The molecule has 0 saturated carbocycles. The van der Waals surface area contributed by atoms with Gasteiger partial charge in [0.2, 0.25) is 0 Å². The summed E-state index contributed by atoms with van der Waals surface area (Å²) in [6.45, 7) is 2.92. The lowest BCUT2D eigenvalue weighted by molar-refractivity contribution is 0.221. The highest BCUT2D eigenvalue weighted by Gasteiger charge is 2.19. The molecule has 5 heteroatoms. The Bertz CT molecular complexity index is 392. The molecule has 1 fully saturated rings. The Morgan fingerprint density at radius 3 is 2.56 bits per heavy atom. The largest absolute Gasteiger partial charge is 0.497 e. The molecule has 18 heavy (non-hydrogen) atoms. The molecule has 0 aromatic heterocycles. The second-order valence-electron chi connectivity index (χ2n) is 4.78. The zero-order valence-electron chi connectivity index (χ0n) is 10.8. The summed E-state index contributed by atoms with van der Waals surface area (Å²) >= 11 is 0. The molecule has 0 radical (unpaired) electrons. The minimum absolute atomic E-state index is 0.571. The zero-order chi connectivity index (χ0) is 13.0. The monoisotopic (exact) mass is 249 g/mol. The van der Waals surface area contributed by atoms with E-state index in [9.17, 15) is 10.0 Å². The van der Waals surface area contributed by atoms with E-state index < -0.39 is 7.12 Å². The molecule has 0 spiro atoms. The molecule has 0 amide bonds. The molecular formula is C13H20BNO3. The zero-order valence-corrected chi connectivity index (χ0v) is 10.8. The van der Waals surface area contributed by atoms with Crippen molar-refractivity contribution in [2.45, 2.75) is 25.8 Å². The van der Waals surface area contributed by atoms with Crippen molar-refractivity contribution in [1.29, 1.82) is 0 Å². The van der Waals surface area contributed by atoms with Gasteiger partial charge in [-0.15, -0.1) is 0 Å². The lowest BCUT2D eigenvalue weighted by atomic mass is 9.76. The lowest BCUT2D eigenvalue weighted by Crippen LogP contribution is -2.37. The fourth-order valence-electron chi connectivity index (χ4n) is 2.46. The van der Waals surface area contributed by atoms with E-state index in [4.69, 9.17) is 4.74 Å². The van der Waals surface area contributed by atoms with E-state index in [1.54, 1.807) is 19.2 Å². The quantitative estimate of drug-likeness (QED) is 0.756. The van der Waals surface area contributed by atoms with Crippen LogP contribution in [0.2, 0.25) is 0 Å². The number of methoxy groups -OCH3 is 1. The second kappa shape index (κ2) is 6.23. The lowest BCUT2D eigenvalue weighted by Gasteiger charge is -2.27. The van der Waals surface area contributed by atoms with Crippen LogP contribution in [0, 0.1) is 0 Å². The SMILES string of the molecule is COc1ccc(B(O)O)c(CN2CCCCC2)c1. The molecule has 1 saturated heterocycles. The van der Waals surface area contributed by atoms with Crippen molar-refractivity contribution in [3.05, 3.63) is 23.8 Å². The van der Waals surface area contributed by atoms with Crippen LogP contribution in [0.5, 0.6) is 5.75 Å². The Kier molecular flexibility index (Phi) is 4.63. The fourth-order valence-corrected chi connectivity index (χ4v) is 2.46. The van der Waals surface area contributed by atoms with Gasteiger partial charge in [-0.1, -0.05) is 12.5 Å². The molecule has 0 aliphatic carbocycles. The molecule has 0 unspecified atom stereocenters. The van der Waals surface area contributed by atoms with Crippen molar-refractivity contribution in [2.75, 3.05) is 20.2 Å². The van der Waals surface area contributed by atoms with Gasteiger partial charge in [-0.2, -0.15) is 0 Å². The number of benzene rings is 1. The van der Waals surface area contributed by atoms with E-state index in [-0.39, 0.29) is 0 Å². The van der Waals surface area contributed by atoms with E-state index in [1.807, 2.05) is 6.07 Å². The van der Waals surface area contributed by atoms with E-state index in [0.717, 1.165) is 30.9 Å². The topological polar surface area (TPSA) is 52.9 Å². The van der Waals surface area contributed by atoms with Gasteiger partial charge in [-0.05, 0) is 49.1 Å². The second-order valence-corrected chi connectivity index (χ2v) is 4.78. The molecule has 1 aromatic carbocycles. The summed E-state index contributed by atoms with van der Waals surface area (Å²) in [5.41, 5.74) is 1.51. The highest BCUT2D eigenvalue weighted by atomic mass is 16.5. The molecule has 1 aliphatic rings. The average Bonchev–Trinajstić information content (AvgIpc) is 2.39. The summed E-state index contributed by atoms with van der Waals surface area (Å²) in [6.07, 6.45) is 3.74. The molecule has 1 heterocycles. The van der Waals surface area contributed by atoms with Gasteiger partial charge in [0.15, 0.2) is 0 Å². The Morgan fingerprint density at radius 2 is 1.94 bits per heavy atom. The van der Waals surface area contributed by atoms with Gasteiger partial charge in [0, 0.05) is 6.54 Å². The number of hydrogen-bond donors (Lipinski definition) is 2. The number of likely N-dealkylation sites (tertiary alicyclic amines) is 1. The first-order valence-electron chi connectivity index (χ1n) is 6.46. The molecule has 0 bridgehead atoms. The average molecular weight is 249 g/mol. The molecule has 98 valence electrons. The molecule has 1 aromatic rings. The van der Waals surface area contributed by atoms with Gasteiger partial charge in [0.1, 0.15) is 5.75 Å². The maximum absolute atomic E-state index is 9.39. The minimum Gasteiger partial charge on any atom is -0.497 e. The third kappa shape index (κ3) is 3.25. The first-order valence-corrected chi connectivity index (χ1v) is 6.46. The maximum atomic E-state index is 9.39. The van der Waals surface area contributed by atoms with E-state index >= 15 is 0 Å². The van der Waals surface area contributed by atoms with Crippen molar-refractivity contribution >= 4 is 12.6 Å². The Labute approximate surface area is 108 Å². The van der Waals surface area contributed by atoms with Crippen LogP contribution in [0.3, 0.4) is 0 Å². The Balaban J connectivity index is 2.17. The molecule has 1 aliphatic heterocycles. The normalized spacial score (nSPS) is 16.6. The third-order valence-corrected chi connectivity index (χ3v) is 3.47.